The number of rotatable bonds is 21. The first-order chi connectivity index (χ1) is 15.3. The second-order valence-electron chi connectivity index (χ2n) is 8.26. The van der Waals surface area contributed by atoms with Crippen molar-refractivity contribution in [2.24, 2.45) is 0 Å². The molecule has 0 rings (SSSR count). The van der Waals surface area contributed by atoms with Gasteiger partial charge < -0.3 is 10.0 Å². The second-order valence-corrected chi connectivity index (χ2v) is 10.0. The molecule has 2 N–H and O–H groups in total. The molecule has 33 heavy (non-hydrogen) atoms. The van der Waals surface area contributed by atoms with Gasteiger partial charge >= 0.3 is 7.82 Å². The quantitative estimate of drug-likeness (QED) is 0.0785. The Labute approximate surface area is 206 Å². The lowest BCUT2D eigenvalue weighted by Gasteiger charge is -2.18. The summed E-state index contributed by atoms with van der Waals surface area (Å²) in [7, 11) is 2.98. The van der Waals surface area contributed by atoms with E-state index in [0.717, 1.165) is 0 Å². The minimum absolute atomic E-state index is 0. The third kappa shape index (κ3) is 29.7. The molecule has 2 unspecified atom stereocenters. The van der Waals surface area contributed by atoms with Crippen LogP contribution in [-0.4, -0.2) is 64.2 Å². The Hall–Kier alpha value is -0.270. The van der Waals surface area contributed by atoms with Gasteiger partial charge in [0.1, 0.15) is 6.23 Å². The summed E-state index contributed by atoms with van der Waals surface area (Å²) in [4.78, 5) is 1.88. The molecule has 0 aliphatic heterocycles. The van der Waals surface area contributed by atoms with Gasteiger partial charge in [0, 0.05) is 13.7 Å². The van der Waals surface area contributed by atoms with Gasteiger partial charge in [0.2, 0.25) is 0 Å². The zero-order valence-electron chi connectivity index (χ0n) is 21.8. The maximum atomic E-state index is 11.8. The third-order valence-corrected chi connectivity index (χ3v) is 6.36. The van der Waals surface area contributed by atoms with Crippen LogP contribution >= 0.6 is 7.82 Å². The van der Waals surface area contributed by atoms with E-state index in [1.807, 2.05) is 19.0 Å². The fraction of sp³-hybridized carbons (Fsp3) is 0.920. The van der Waals surface area contributed by atoms with Crippen LogP contribution in [0.25, 0.3) is 0 Å². The molecule has 0 saturated carbocycles. The highest BCUT2D eigenvalue weighted by atomic mass is 31.2. The highest BCUT2D eigenvalue weighted by Crippen LogP contribution is 2.48. The first-order valence-corrected chi connectivity index (χ1v) is 13.9. The van der Waals surface area contributed by atoms with Gasteiger partial charge in [0.25, 0.3) is 0 Å². The van der Waals surface area contributed by atoms with Crippen LogP contribution < -0.4 is 5.32 Å². The van der Waals surface area contributed by atoms with Gasteiger partial charge in [-0.25, -0.2) is 4.57 Å². The molecule has 2 atom stereocenters. The van der Waals surface area contributed by atoms with E-state index in [-0.39, 0.29) is 20.6 Å². The topological polar surface area (TPSA) is 80.3 Å². The molecule has 0 heterocycles. The molecule has 0 saturated heterocycles. The molecule has 0 bridgehead atoms. The van der Waals surface area contributed by atoms with Crippen LogP contribution in [0.5, 0.6) is 0 Å². The van der Waals surface area contributed by atoms with Crippen molar-refractivity contribution >= 4 is 7.82 Å². The fourth-order valence-electron chi connectivity index (χ4n) is 2.82. The van der Waals surface area contributed by atoms with Gasteiger partial charge in [-0.05, 0) is 40.9 Å². The van der Waals surface area contributed by atoms with E-state index < -0.39 is 14.1 Å². The van der Waals surface area contributed by atoms with Gasteiger partial charge in [0.15, 0.2) is 0 Å². The molecule has 0 spiro atoms. The maximum Gasteiger partial charge on any atom is 0.474 e. The second kappa shape index (κ2) is 28.0. The van der Waals surface area contributed by atoms with Crippen molar-refractivity contribution < 1.29 is 23.2 Å². The van der Waals surface area contributed by atoms with Crippen LogP contribution in [0.3, 0.4) is 0 Å². The number of aliphatic hydroxyl groups is 1. The van der Waals surface area contributed by atoms with Crippen LogP contribution in [0.2, 0.25) is 0 Å². The van der Waals surface area contributed by atoms with Gasteiger partial charge in [-0.15, -0.1) is 0 Å². The number of phosphoric ester groups is 1. The highest BCUT2D eigenvalue weighted by Gasteiger charge is 2.25. The van der Waals surface area contributed by atoms with Crippen molar-refractivity contribution in [1.82, 2.24) is 10.2 Å². The molecule has 0 aliphatic rings. The molecule has 0 radical (unpaired) electrons. The highest BCUT2D eigenvalue weighted by molar-refractivity contribution is 7.48. The van der Waals surface area contributed by atoms with Crippen LogP contribution in [0.4, 0.5) is 0 Å². The normalized spacial score (nSPS) is 13.9. The molecule has 0 aromatic heterocycles. The number of hydrogen-bond donors (Lipinski definition) is 2. The summed E-state index contributed by atoms with van der Waals surface area (Å²) in [5, 5.41) is 11.7. The zero-order chi connectivity index (χ0) is 24.5. The number of likely N-dealkylation sites (N-methyl/N-ethyl adjacent to an activating group) is 2. The molecular formula is C25H57N2O5P. The van der Waals surface area contributed by atoms with Crippen LogP contribution in [0.1, 0.15) is 98.3 Å². The standard InChI is InChI=1S/C16H32.C8H21N2O5P.CH4/c1-3-5-7-9-11-13-15-16-14-12-10-8-6-4-2;1-9-8(11)7-15-16(12,13-4)14-6-5-10(2)3;/h3,5H,4,6-16H2,1-2H3;8-9,11H,5-7H2,1-4H3;1H4/b5-3+;;. The molecule has 7 nitrogen and oxygen atoms in total. The molecule has 202 valence electrons. The van der Waals surface area contributed by atoms with Crippen LogP contribution in [0, 0.1) is 0 Å². The summed E-state index contributed by atoms with van der Waals surface area (Å²) in [6.07, 6.45) is 20.7. The Kier molecular flexibility index (Phi) is 31.6. The molecule has 0 aliphatic carbocycles. The van der Waals surface area contributed by atoms with Crippen molar-refractivity contribution in [3.63, 3.8) is 0 Å². The van der Waals surface area contributed by atoms with Crippen LogP contribution in [0.15, 0.2) is 12.2 Å². The number of nitrogens with zero attached hydrogens (tertiary/aromatic N) is 1. The number of hydrogen-bond acceptors (Lipinski definition) is 7. The third-order valence-electron chi connectivity index (χ3n) is 4.95. The summed E-state index contributed by atoms with van der Waals surface area (Å²) in [6, 6.07) is 0. The Morgan fingerprint density at radius 1 is 0.970 bits per heavy atom. The van der Waals surface area contributed by atoms with E-state index in [4.69, 9.17) is 14.2 Å². The van der Waals surface area contributed by atoms with Crippen molar-refractivity contribution in [3.05, 3.63) is 12.2 Å². The van der Waals surface area contributed by atoms with E-state index in [1.165, 1.54) is 84.2 Å². The summed E-state index contributed by atoms with van der Waals surface area (Å²) < 4.78 is 26.3. The van der Waals surface area contributed by atoms with Gasteiger partial charge in [0.05, 0.1) is 13.2 Å². The average molecular weight is 497 g/mol. The van der Waals surface area contributed by atoms with E-state index in [0.29, 0.717) is 6.54 Å². The van der Waals surface area contributed by atoms with Crippen molar-refractivity contribution in [2.45, 2.75) is 105 Å². The van der Waals surface area contributed by atoms with Crippen molar-refractivity contribution in [2.75, 3.05) is 48.0 Å². The Morgan fingerprint density at radius 2 is 1.48 bits per heavy atom. The summed E-state index contributed by atoms with van der Waals surface area (Å²) >= 11 is 0. The van der Waals surface area contributed by atoms with E-state index in [1.54, 1.807) is 7.05 Å². The maximum absolute atomic E-state index is 11.8. The van der Waals surface area contributed by atoms with Crippen LogP contribution in [-0.2, 0) is 18.1 Å². The lowest BCUT2D eigenvalue weighted by atomic mass is 10.1. The van der Waals surface area contributed by atoms with Gasteiger partial charge in [-0.3, -0.25) is 18.9 Å². The predicted octanol–water partition coefficient (Wildman–Crippen LogP) is 6.77. The minimum atomic E-state index is -3.55. The fourth-order valence-corrected chi connectivity index (χ4v) is 3.73. The predicted molar refractivity (Wildman–Crippen MR) is 143 cm³/mol. The molecule has 8 heteroatoms. The molecular weight excluding hydrogens is 439 g/mol. The number of nitrogens with one attached hydrogen (secondary N) is 1. The number of allylic oxidation sites excluding steroid dienone is 2. The molecule has 0 aromatic rings. The largest absolute Gasteiger partial charge is 0.474 e. The summed E-state index contributed by atoms with van der Waals surface area (Å²) in [5.74, 6) is 0. The number of unbranched alkanes of at least 4 members (excludes halogenated alkanes) is 11. The lowest BCUT2D eigenvalue weighted by molar-refractivity contribution is 0.0517. The molecule has 0 aromatic carbocycles. The average Bonchev–Trinajstić information content (AvgIpc) is 2.78. The van der Waals surface area contributed by atoms with E-state index in [2.05, 4.69) is 35.8 Å². The summed E-state index contributed by atoms with van der Waals surface area (Å²) in [6.45, 7) is 5.06. The van der Waals surface area contributed by atoms with Crippen molar-refractivity contribution in [3.8, 4) is 0 Å². The number of phosphoric acid groups is 1. The lowest BCUT2D eigenvalue weighted by Crippen LogP contribution is -2.29. The zero-order valence-corrected chi connectivity index (χ0v) is 22.7. The Balaban J connectivity index is -0.000000529. The van der Waals surface area contributed by atoms with Gasteiger partial charge in [-0.1, -0.05) is 90.7 Å². The summed E-state index contributed by atoms with van der Waals surface area (Å²) in [5.41, 5.74) is 0. The number of aliphatic hydroxyl groups excluding tert-OH is 1. The smallest absolute Gasteiger partial charge is 0.376 e. The first-order valence-electron chi connectivity index (χ1n) is 12.4. The van der Waals surface area contributed by atoms with Gasteiger partial charge in [-0.2, -0.15) is 0 Å². The SMILES string of the molecule is C.C/C=C/CCCCCCCCCCCCC.CNC(O)COP(=O)(OC)OCCN(C)C. The minimum Gasteiger partial charge on any atom is -0.376 e. The first kappa shape index (κ1) is 37.3. The molecule has 0 fully saturated rings. The van der Waals surface area contributed by atoms with E-state index in [9.17, 15) is 4.57 Å². The molecule has 0 amide bonds. The van der Waals surface area contributed by atoms with Crippen molar-refractivity contribution in [1.29, 1.82) is 0 Å². The monoisotopic (exact) mass is 496 g/mol. The Morgan fingerprint density at radius 3 is 1.91 bits per heavy atom. The Bertz CT molecular complexity index is 451. The van der Waals surface area contributed by atoms with E-state index >= 15 is 0 Å².